The molecule has 0 bridgehead atoms. The van der Waals surface area contributed by atoms with Crippen LogP contribution in [-0.2, 0) is 10.8 Å². The largest absolute Gasteiger partial charge is 0.396 e. The van der Waals surface area contributed by atoms with Gasteiger partial charge in [-0.1, -0.05) is 13.8 Å². The van der Waals surface area contributed by atoms with E-state index < -0.39 is 22.6 Å². The molecule has 2 atom stereocenters. The van der Waals surface area contributed by atoms with Crippen molar-refractivity contribution < 1.29 is 18.5 Å². The van der Waals surface area contributed by atoms with E-state index >= 15 is 0 Å². The fraction of sp³-hybridized carbons (Fsp3) is 0.500. The van der Waals surface area contributed by atoms with Crippen LogP contribution in [0.1, 0.15) is 20.3 Å². The third-order valence-corrected chi connectivity index (χ3v) is 4.01. The zero-order chi connectivity index (χ0) is 16.0. The number of benzene rings is 1. The van der Waals surface area contributed by atoms with Crippen LogP contribution in [-0.4, -0.2) is 34.3 Å². The van der Waals surface area contributed by atoms with E-state index in [9.17, 15) is 13.4 Å². The van der Waals surface area contributed by atoms with Crippen LogP contribution < -0.4 is 10.6 Å². The summed E-state index contributed by atoms with van der Waals surface area (Å²) < 4.78 is 24.9. The average molecular weight is 316 g/mol. The Labute approximate surface area is 126 Å². The lowest BCUT2D eigenvalue weighted by molar-refractivity contribution is 0.227. The summed E-state index contributed by atoms with van der Waals surface area (Å²) in [5.74, 6) is -0.450. The maximum atomic E-state index is 13.7. The minimum absolute atomic E-state index is 0.0191. The lowest BCUT2D eigenvalue weighted by atomic mass is 10.0. The quantitative estimate of drug-likeness (QED) is 0.752. The highest BCUT2D eigenvalue weighted by Crippen LogP contribution is 2.17. The van der Waals surface area contributed by atoms with Gasteiger partial charge in [-0.25, -0.2) is 9.18 Å². The van der Waals surface area contributed by atoms with Gasteiger partial charge < -0.3 is 15.7 Å². The number of nitrogens with one attached hydrogen (secondary N) is 2. The predicted molar refractivity (Wildman–Crippen MR) is 81.2 cm³/mol. The number of anilines is 1. The van der Waals surface area contributed by atoms with Gasteiger partial charge in [0.25, 0.3) is 0 Å². The number of carbonyl (C=O) groups is 1. The molecule has 0 radical (unpaired) electrons. The van der Waals surface area contributed by atoms with Gasteiger partial charge >= 0.3 is 6.03 Å². The Bertz CT molecular complexity index is 523. The number of urea groups is 1. The number of hydrogen-bond acceptors (Lipinski definition) is 3. The molecule has 0 aliphatic rings. The van der Waals surface area contributed by atoms with Crippen LogP contribution in [0, 0.1) is 11.7 Å². The number of rotatable bonds is 6. The molecule has 0 spiro atoms. The first-order valence-electron chi connectivity index (χ1n) is 6.66. The number of aliphatic hydroxyl groups excluding tert-OH is 1. The second-order valence-electron chi connectivity index (χ2n) is 5.06. The Morgan fingerprint density at radius 3 is 2.57 bits per heavy atom. The van der Waals surface area contributed by atoms with Gasteiger partial charge in [-0.15, -0.1) is 0 Å². The molecule has 5 nitrogen and oxygen atoms in total. The highest BCUT2D eigenvalue weighted by Gasteiger charge is 2.16. The van der Waals surface area contributed by atoms with Crippen molar-refractivity contribution in [3.8, 4) is 0 Å². The highest BCUT2D eigenvalue weighted by atomic mass is 32.2. The van der Waals surface area contributed by atoms with Gasteiger partial charge in [0.05, 0.1) is 15.7 Å². The van der Waals surface area contributed by atoms with E-state index in [-0.39, 0.29) is 29.1 Å². The Balaban J connectivity index is 2.70. The van der Waals surface area contributed by atoms with Crippen LogP contribution in [0.4, 0.5) is 14.9 Å². The van der Waals surface area contributed by atoms with Gasteiger partial charge in [0, 0.05) is 24.6 Å². The molecule has 0 aliphatic heterocycles. The van der Waals surface area contributed by atoms with Crippen LogP contribution in [0.15, 0.2) is 23.1 Å². The van der Waals surface area contributed by atoms with Crippen molar-refractivity contribution in [3.63, 3.8) is 0 Å². The predicted octanol–water partition coefficient (Wildman–Crippen LogP) is 2.09. The molecule has 7 heteroatoms. The van der Waals surface area contributed by atoms with Crippen LogP contribution in [0.2, 0.25) is 0 Å². The van der Waals surface area contributed by atoms with Crippen molar-refractivity contribution in [1.82, 2.24) is 5.32 Å². The van der Waals surface area contributed by atoms with Gasteiger partial charge in [0.2, 0.25) is 0 Å². The summed E-state index contributed by atoms with van der Waals surface area (Å²) in [7, 11) is -1.41. The van der Waals surface area contributed by atoms with Crippen LogP contribution >= 0.6 is 0 Å². The summed E-state index contributed by atoms with van der Waals surface area (Å²) in [6, 6.07) is 3.38. The maximum Gasteiger partial charge on any atom is 0.319 e. The third-order valence-electron chi connectivity index (χ3n) is 3.06. The normalized spacial score (nSPS) is 13.8. The minimum atomic E-state index is -1.41. The van der Waals surface area contributed by atoms with Crippen molar-refractivity contribution >= 4 is 22.5 Å². The smallest absolute Gasteiger partial charge is 0.319 e. The molecule has 2 amide bonds. The summed E-state index contributed by atoms with van der Waals surface area (Å²) in [4.78, 5) is 11.9. The molecule has 2 unspecified atom stereocenters. The van der Waals surface area contributed by atoms with Gasteiger partial charge in [-0.2, -0.15) is 0 Å². The van der Waals surface area contributed by atoms with E-state index in [0.717, 1.165) is 6.07 Å². The van der Waals surface area contributed by atoms with E-state index in [1.807, 2.05) is 13.8 Å². The van der Waals surface area contributed by atoms with Crippen molar-refractivity contribution in [2.45, 2.75) is 31.2 Å². The Morgan fingerprint density at radius 1 is 1.43 bits per heavy atom. The molecule has 21 heavy (non-hydrogen) atoms. The summed E-state index contributed by atoms with van der Waals surface area (Å²) in [5, 5.41) is 14.2. The van der Waals surface area contributed by atoms with Crippen molar-refractivity contribution in [3.05, 3.63) is 24.0 Å². The second-order valence-corrected chi connectivity index (χ2v) is 6.41. The molecular formula is C14H21FN2O3S. The molecular weight excluding hydrogens is 295 g/mol. The fourth-order valence-corrected chi connectivity index (χ4v) is 2.45. The van der Waals surface area contributed by atoms with Gasteiger partial charge in [-0.3, -0.25) is 4.21 Å². The molecule has 0 heterocycles. The standard InChI is InChI=1S/C14H21FN2O3S/c1-9(2)12(6-7-18)17-14(19)16-10-4-5-13(21(3)20)11(15)8-10/h4-5,8-9,12,18H,6-7H2,1-3H3,(H2,16,17,19). The summed E-state index contributed by atoms with van der Waals surface area (Å²) in [5.41, 5.74) is 0.283. The van der Waals surface area contributed by atoms with E-state index in [4.69, 9.17) is 5.11 Å². The zero-order valence-electron chi connectivity index (χ0n) is 12.4. The van der Waals surface area contributed by atoms with Gasteiger partial charge in [0.15, 0.2) is 0 Å². The monoisotopic (exact) mass is 316 g/mol. The lowest BCUT2D eigenvalue weighted by Crippen LogP contribution is -2.41. The first-order chi connectivity index (χ1) is 9.85. The lowest BCUT2D eigenvalue weighted by Gasteiger charge is -2.21. The molecule has 1 aromatic rings. The molecule has 0 aliphatic carbocycles. The van der Waals surface area contributed by atoms with E-state index in [2.05, 4.69) is 10.6 Å². The summed E-state index contributed by atoms with van der Waals surface area (Å²) in [6.07, 6.45) is 1.84. The molecule has 118 valence electrons. The van der Waals surface area contributed by atoms with E-state index in [1.165, 1.54) is 18.4 Å². The topological polar surface area (TPSA) is 78.4 Å². The Morgan fingerprint density at radius 2 is 2.10 bits per heavy atom. The van der Waals surface area contributed by atoms with Gasteiger partial charge in [0.1, 0.15) is 5.82 Å². The minimum Gasteiger partial charge on any atom is -0.396 e. The van der Waals surface area contributed by atoms with Crippen LogP contribution in [0.3, 0.4) is 0 Å². The fourth-order valence-electron chi connectivity index (χ4n) is 1.86. The first kappa shape index (κ1) is 17.6. The van der Waals surface area contributed by atoms with Crippen LogP contribution in [0.5, 0.6) is 0 Å². The Kier molecular flexibility index (Phi) is 6.77. The van der Waals surface area contributed by atoms with Gasteiger partial charge in [-0.05, 0) is 30.5 Å². The van der Waals surface area contributed by atoms with E-state index in [0.29, 0.717) is 6.42 Å². The SMILES string of the molecule is CC(C)C(CCO)NC(=O)Nc1ccc(S(C)=O)c(F)c1. The van der Waals surface area contributed by atoms with Crippen molar-refractivity contribution in [2.24, 2.45) is 5.92 Å². The molecule has 0 saturated heterocycles. The number of carbonyl (C=O) groups excluding carboxylic acids is 1. The molecule has 0 saturated carbocycles. The number of aliphatic hydroxyl groups is 1. The maximum absolute atomic E-state index is 13.7. The molecule has 1 rings (SSSR count). The number of hydrogen-bond donors (Lipinski definition) is 3. The first-order valence-corrected chi connectivity index (χ1v) is 8.22. The summed E-state index contributed by atoms with van der Waals surface area (Å²) in [6.45, 7) is 3.85. The average Bonchev–Trinajstić information content (AvgIpc) is 2.37. The molecule has 0 fully saturated rings. The van der Waals surface area contributed by atoms with Crippen molar-refractivity contribution in [2.75, 3.05) is 18.2 Å². The summed E-state index contributed by atoms with van der Waals surface area (Å²) >= 11 is 0. The molecule has 1 aromatic carbocycles. The van der Waals surface area contributed by atoms with E-state index in [1.54, 1.807) is 0 Å². The molecule has 0 aromatic heterocycles. The van der Waals surface area contributed by atoms with Crippen molar-refractivity contribution in [1.29, 1.82) is 0 Å². The number of amides is 2. The third kappa shape index (κ3) is 5.43. The number of halogens is 1. The van der Waals surface area contributed by atoms with Crippen LogP contribution in [0.25, 0.3) is 0 Å². The second kappa shape index (κ2) is 8.09. The highest BCUT2D eigenvalue weighted by molar-refractivity contribution is 7.84. The zero-order valence-corrected chi connectivity index (χ0v) is 13.2. The molecule has 3 N–H and O–H groups in total. The Hall–Kier alpha value is -1.47.